The van der Waals surface area contributed by atoms with Gasteiger partial charge in [-0.05, 0) is 75.0 Å². The third-order valence-electron chi connectivity index (χ3n) is 6.72. The van der Waals surface area contributed by atoms with Crippen LogP contribution >= 0.6 is 0 Å². The van der Waals surface area contributed by atoms with Crippen LogP contribution in [0.15, 0.2) is 41.9 Å². The quantitative estimate of drug-likeness (QED) is 0.725. The maximum Gasteiger partial charge on any atom is 0.225 e. The molecule has 2 fully saturated rings. The number of rotatable bonds is 5. The molecular weight excluding hydrogens is 407 g/mol. The fourth-order valence-corrected chi connectivity index (χ4v) is 4.88. The summed E-state index contributed by atoms with van der Waals surface area (Å²) in [6, 6.07) is 7.65. The molecule has 2 aliphatic rings. The number of nitrogen functional groups attached to an aromatic ring is 1. The summed E-state index contributed by atoms with van der Waals surface area (Å²) in [6.07, 6.45) is 6.56. The first-order chi connectivity index (χ1) is 15.5. The lowest BCUT2D eigenvalue weighted by atomic mass is 9.87. The highest BCUT2D eigenvalue weighted by Crippen LogP contribution is 2.27. The second-order valence-electron chi connectivity index (χ2n) is 8.88. The summed E-state index contributed by atoms with van der Waals surface area (Å²) in [6.45, 7) is 5.83. The SMILES string of the molecule is Cc1cccnc1/C(=N\F)C1CCN(C(=O)C2CCN(Cc3ccnc(N)c3)CC2)CC1. The average Bonchev–Trinajstić information content (AvgIpc) is 2.81. The van der Waals surface area contributed by atoms with Crippen LogP contribution in [0, 0.1) is 18.8 Å². The molecular formula is C24H31FN6O. The molecule has 7 nitrogen and oxygen atoms in total. The van der Waals surface area contributed by atoms with Gasteiger partial charge in [-0.3, -0.25) is 14.7 Å². The van der Waals surface area contributed by atoms with E-state index in [9.17, 15) is 9.28 Å². The smallest absolute Gasteiger partial charge is 0.225 e. The normalized spacial score (nSPS) is 19.3. The first kappa shape index (κ1) is 22.3. The van der Waals surface area contributed by atoms with Crippen molar-refractivity contribution in [1.82, 2.24) is 19.8 Å². The fraction of sp³-hybridized carbons (Fsp3) is 0.500. The second-order valence-corrected chi connectivity index (χ2v) is 8.88. The highest BCUT2D eigenvalue weighted by atomic mass is 19.2. The zero-order valence-electron chi connectivity index (χ0n) is 18.6. The van der Waals surface area contributed by atoms with Crippen molar-refractivity contribution in [3.63, 3.8) is 0 Å². The number of halogens is 1. The van der Waals surface area contributed by atoms with Gasteiger partial charge in [-0.2, -0.15) is 0 Å². The summed E-state index contributed by atoms with van der Waals surface area (Å²) in [4.78, 5) is 25.8. The molecule has 8 heteroatoms. The van der Waals surface area contributed by atoms with E-state index < -0.39 is 0 Å². The van der Waals surface area contributed by atoms with Crippen molar-refractivity contribution in [3.8, 4) is 0 Å². The van der Waals surface area contributed by atoms with E-state index in [1.54, 1.807) is 12.4 Å². The summed E-state index contributed by atoms with van der Waals surface area (Å²) in [5, 5.41) is 3.08. The fourth-order valence-electron chi connectivity index (χ4n) is 4.88. The Morgan fingerprint density at radius 1 is 1.09 bits per heavy atom. The summed E-state index contributed by atoms with van der Waals surface area (Å²) in [7, 11) is 0. The Labute approximate surface area is 188 Å². The van der Waals surface area contributed by atoms with Crippen LogP contribution in [0.2, 0.25) is 0 Å². The number of piperidine rings is 2. The molecule has 2 N–H and O–H groups in total. The second kappa shape index (κ2) is 10.2. The Hall–Kier alpha value is -2.87. The number of carbonyl (C=O) groups excluding carboxylic acids is 1. The number of pyridine rings is 2. The number of carbonyl (C=O) groups is 1. The van der Waals surface area contributed by atoms with Crippen molar-refractivity contribution in [1.29, 1.82) is 0 Å². The summed E-state index contributed by atoms with van der Waals surface area (Å²) < 4.78 is 13.5. The van der Waals surface area contributed by atoms with E-state index in [4.69, 9.17) is 5.73 Å². The van der Waals surface area contributed by atoms with E-state index in [0.717, 1.165) is 43.6 Å². The lowest BCUT2D eigenvalue weighted by Gasteiger charge is -2.37. The van der Waals surface area contributed by atoms with Crippen molar-refractivity contribution in [2.45, 2.75) is 39.2 Å². The predicted molar refractivity (Wildman–Crippen MR) is 123 cm³/mol. The molecule has 0 aliphatic carbocycles. The summed E-state index contributed by atoms with van der Waals surface area (Å²) in [5.41, 5.74) is 8.89. The highest BCUT2D eigenvalue weighted by Gasteiger charge is 2.33. The van der Waals surface area contributed by atoms with Gasteiger partial charge in [0.1, 0.15) is 11.5 Å². The summed E-state index contributed by atoms with van der Waals surface area (Å²) in [5.74, 6) is 0.837. The van der Waals surface area contributed by atoms with E-state index in [-0.39, 0.29) is 17.7 Å². The van der Waals surface area contributed by atoms with Gasteiger partial charge in [-0.25, -0.2) is 4.98 Å². The molecule has 0 radical (unpaired) electrons. The number of aromatic nitrogens is 2. The van der Waals surface area contributed by atoms with Crippen molar-refractivity contribution in [2.24, 2.45) is 17.1 Å². The number of likely N-dealkylation sites (tertiary alicyclic amines) is 2. The van der Waals surface area contributed by atoms with Crippen LogP contribution in [0.3, 0.4) is 0 Å². The van der Waals surface area contributed by atoms with E-state index in [0.29, 0.717) is 43.2 Å². The standard InChI is InChI=1S/C24H31FN6O/c1-17-3-2-9-28-22(17)23(29-25)19-7-13-31(14-8-19)24(32)20-5-11-30(12-6-20)16-18-4-10-27-21(26)15-18/h2-4,9-10,15,19-20H,5-8,11-14,16H2,1H3,(H2,26,27)/b29-23-. The number of nitrogens with zero attached hydrogens (tertiary/aromatic N) is 5. The first-order valence-corrected chi connectivity index (χ1v) is 11.4. The van der Waals surface area contributed by atoms with E-state index in [1.807, 2.05) is 36.1 Å². The van der Waals surface area contributed by atoms with E-state index >= 15 is 0 Å². The molecule has 170 valence electrons. The number of hydrogen-bond donors (Lipinski definition) is 1. The van der Waals surface area contributed by atoms with Gasteiger partial charge in [0.2, 0.25) is 5.91 Å². The Bertz CT molecular complexity index is 964. The largest absolute Gasteiger partial charge is 0.384 e. The Morgan fingerprint density at radius 2 is 1.81 bits per heavy atom. The Balaban J connectivity index is 1.27. The zero-order chi connectivity index (χ0) is 22.5. The molecule has 0 spiro atoms. The van der Waals surface area contributed by atoms with Crippen LogP contribution in [-0.2, 0) is 11.3 Å². The number of anilines is 1. The maximum absolute atomic E-state index is 13.5. The van der Waals surface area contributed by atoms with Crippen LogP contribution in [-0.4, -0.2) is 57.6 Å². The van der Waals surface area contributed by atoms with Gasteiger partial charge >= 0.3 is 0 Å². The monoisotopic (exact) mass is 438 g/mol. The first-order valence-electron chi connectivity index (χ1n) is 11.4. The van der Waals surface area contributed by atoms with Crippen molar-refractivity contribution >= 4 is 17.4 Å². The summed E-state index contributed by atoms with van der Waals surface area (Å²) >= 11 is 0. The van der Waals surface area contributed by atoms with Crippen molar-refractivity contribution in [2.75, 3.05) is 31.9 Å². The van der Waals surface area contributed by atoms with Crippen molar-refractivity contribution in [3.05, 3.63) is 53.5 Å². The number of nitrogens with two attached hydrogens (primary N) is 1. The molecule has 0 saturated carbocycles. The minimum atomic E-state index is -0.00713. The van der Waals surface area contributed by atoms with Gasteiger partial charge in [0.05, 0.1) is 5.69 Å². The topological polar surface area (TPSA) is 87.7 Å². The van der Waals surface area contributed by atoms with Crippen LogP contribution in [0.4, 0.5) is 10.3 Å². The molecule has 0 bridgehead atoms. The van der Waals surface area contributed by atoms with Gasteiger partial charge in [0.25, 0.3) is 0 Å². The number of aryl methyl sites for hydroxylation is 1. The molecule has 0 aromatic carbocycles. The average molecular weight is 439 g/mol. The van der Waals surface area contributed by atoms with Crippen molar-refractivity contribution < 1.29 is 9.28 Å². The van der Waals surface area contributed by atoms with Gasteiger partial charge in [-0.1, -0.05) is 15.8 Å². The molecule has 1 amide bonds. The minimum absolute atomic E-state index is 0.00713. The molecule has 32 heavy (non-hydrogen) atoms. The number of amides is 1. The molecule has 4 rings (SSSR count). The zero-order valence-corrected chi connectivity index (χ0v) is 18.6. The van der Waals surface area contributed by atoms with Gasteiger partial charge in [0, 0.05) is 43.9 Å². The van der Waals surface area contributed by atoms with E-state index in [2.05, 4.69) is 20.1 Å². The third-order valence-corrected chi connectivity index (χ3v) is 6.72. The molecule has 2 saturated heterocycles. The molecule has 4 heterocycles. The molecule has 2 aliphatic heterocycles. The van der Waals surface area contributed by atoms with Crippen LogP contribution in [0.25, 0.3) is 0 Å². The maximum atomic E-state index is 13.5. The lowest BCUT2D eigenvalue weighted by molar-refractivity contribution is -0.138. The highest BCUT2D eigenvalue weighted by molar-refractivity contribution is 6.01. The Kier molecular flexibility index (Phi) is 7.09. The van der Waals surface area contributed by atoms with E-state index in [1.165, 1.54) is 0 Å². The molecule has 2 aromatic heterocycles. The van der Waals surface area contributed by atoms with Crippen LogP contribution < -0.4 is 5.73 Å². The van der Waals surface area contributed by atoms with Gasteiger partial charge in [0.15, 0.2) is 0 Å². The molecule has 0 unspecified atom stereocenters. The molecule has 0 atom stereocenters. The minimum Gasteiger partial charge on any atom is -0.384 e. The lowest BCUT2D eigenvalue weighted by Crippen LogP contribution is -2.46. The Morgan fingerprint density at radius 3 is 2.47 bits per heavy atom. The third kappa shape index (κ3) is 5.12. The van der Waals surface area contributed by atoms with Gasteiger partial charge < -0.3 is 10.6 Å². The van der Waals surface area contributed by atoms with Crippen LogP contribution in [0.5, 0.6) is 0 Å². The predicted octanol–water partition coefficient (Wildman–Crippen LogP) is 3.19. The van der Waals surface area contributed by atoms with Gasteiger partial charge in [-0.15, -0.1) is 0 Å². The van der Waals surface area contributed by atoms with Crippen LogP contribution in [0.1, 0.15) is 42.5 Å². The number of hydrogen-bond acceptors (Lipinski definition) is 6. The molecule has 2 aromatic rings.